The van der Waals surface area contributed by atoms with Crippen LogP contribution in [0.5, 0.6) is 17.2 Å². The number of amides is 1. The van der Waals surface area contributed by atoms with Crippen LogP contribution in [0.2, 0.25) is 0 Å². The molecule has 0 bridgehead atoms. The zero-order valence-corrected chi connectivity index (χ0v) is 10.3. The number of carbonyl (C=O) groups is 1. The molecule has 0 fully saturated rings. The minimum absolute atomic E-state index is 0.0864. The third-order valence-corrected chi connectivity index (χ3v) is 2.56. The molecule has 7 nitrogen and oxygen atoms in total. The van der Waals surface area contributed by atoms with Gasteiger partial charge in [-0.25, -0.2) is 0 Å². The first-order chi connectivity index (χ1) is 9.16. The predicted octanol–water partition coefficient (Wildman–Crippen LogP) is -0.288. The highest BCUT2D eigenvalue weighted by Crippen LogP contribution is 2.37. The van der Waals surface area contributed by atoms with E-state index in [4.69, 9.17) is 19.9 Å². The van der Waals surface area contributed by atoms with Gasteiger partial charge in [0.05, 0.1) is 6.61 Å². The largest absolute Gasteiger partial charge is 0.507 e. The summed E-state index contributed by atoms with van der Waals surface area (Å²) in [6.07, 6.45) is 0. The second-order valence-electron chi connectivity index (χ2n) is 4.03. The maximum atomic E-state index is 10.4. The summed E-state index contributed by atoms with van der Waals surface area (Å²) in [5, 5.41) is 12.9. The SMILES string of the molecule is NC(=O)COCCNCc1cc2c(cc1O)OCO2. The summed E-state index contributed by atoms with van der Waals surface area (Å²) in [6.45, 7) is 1.46. The average Bonchev–Trinajstić information content (AvgIpc) is 2.80. The fourth-order valence-electron chi connectivity index (χ4n) is 1.66. The third kappa shape index (κ3) is 3.73. The summed E-state index contributed by atoms with van der Waals surface area (Å²) in [5.41, 5.74) is 5.63. The molecule has 1 aromatic carbocycles. The van der Waals surface area contributed by atoms with Gasteiger partial charge in [-0.1, -0.05) is 0 Å². The summed E-state index contributed by atoms with van der Waals surface area (Å²) in [4.78, 5) is 10.4. The number of rotatable bonds is 7. The van der Waals surface area contributed by atoms with Gasteiger partial charge in [-0.3, -0.25) is 4.79 Å². The van der Waals surface area contributed by atoms with Gasteiger partial charge < -0.3 is 30.4 Å². The Morgan fingerprint density at radius 2 is 2.16 bits per heavy atom. The van der Waals surface area contributed by atoms with Crippen LogP contribution in [0.1, 0.15) is 5.56 Å². The lowest BCUT2D eigenvalue weighted by atomic mass is 10.1. The molecule has 1 heterocycles. The van der Waals surface area contributed by atoms with E-state index in [0.29, 0.717) is 36.8 Å². The second kappa shape index (κ2) is 6.26. The molecule has 0 spiro atoms. The fourth-order valence-corrected chi connectivity index (χ4v) is 1.66. The monoisotopic (exact) mass is 268 g/mol. The van der Waals surface area contributed by atoms with E-state index < -0.39 is 5.91 Å². The molecule has 1 aliphatic rings. The van der Waals surface area contributed by atoms with E-state index in [1.54, 1.807) is 6.07 Å². The quantitative estimate of drug-likeness (QED) is 0.587. The highest BCUT2D eigenvalue weighted by atomic mass is 16.7. The van der Waals surface area contributed by atoms with Gasteiger partial charge in [0.25, 0.3) is 0 Å². The summed E-state index contributed by atoms with van der Waals surface area (Å²) in [6, 6.07) is 3.26. The molecule has 2 rings (SSSR count). The fraction of sp³-hybridized carbons (Fsp3) is 0.417. The van der Waals surface area contributed by atoms with Crippen molar-refractivity contribution in [1.29, 1.82) is 0 Å². The Morgan fingerprint density at radius 1 is 1.42 bits per heavy atom. The lowest BCUT2D eigenvalue weighted by Gasteiger charge is -2.08. The van der Waals surface area contributed by atoms with Crippen LogP contribution in [0, 0.1) is 0 Å². The number of ether oxygens (including phenoxy) is 3. The van der Waals surface area contributed by atoms with Crippen molar-refractivity contribution in [3.05, 3.63) is 17.7 Å². The van der Waals surface area contributed by atoms with Crippen molar-refractivity contribution in [3.8, 4) is 17.2 Å². The third-order valence-electron chi connectivity index (χ3n) is 2.56. The molecule has 0 saturated heterocycles. The van der Waals surface area contributed by atoms with Crippen LogP contribution in [0.3, 0.4) is 0 Å². The predicted molar refractivity (Wildman–Crippen MR) is 65.9 cm³/mol. The van der Waals surface area contributed by atoms with Crippen molar-refractivity contribution in [2.45, 2.75) is 6.54 Å². The van der Waals surface area contributed by atoms with E-state index >= 15 is 0 Å². The van der Waals surface area contributed by atoms with Gasteiger partial charge in [-0.15, -0.1) is 0 Å². The van der Waals surface area contributed by atoms with E-state index in [1.807, 2.05) is 0 Å². The number of carbonyl (C=O) groups excluding carboxylic acids is 1. The van der Waals surface area contributed by atoms with Crippen LogP contribution in [0.15, 0.2) is 12.1 Å². The van der Waals surface area contributed by atoms with Gasteiger partial charge in [-0.05, 0) is 6.07 Å². The number of hydrogen-bond acceptors (Lipinski definition) is 6. The number of primary amides is 1. The highest BCUT2D eigenvalue weighted by Gasteiger charge is 2.16. The molecule has 0 aliphatic carbocycles. The first-order valence-corrected chi connectivity index (χ1v) is 5.85. The van der Waals surface area contributed by atoms with Gasteiger partial charge in [-0.2, -0.15) is 0 Å². The Labute approximate surface area is 110 Å². The number of nitrogens with one attached hydrogen (secondary N) is 1. The molecular weight excluding hydrogens is 252 g/mol. The number of benzene rings is 1. The van der Waals surface area contributed by atoms with Crippen LogP contribution in [0.25, 0.3) is 0 Å². The number of phenolic OH excluding ortho intramolecular Hbond substituents is 1. The molecule has 0 radical (unpaired) electrons. The molecule has 4 N–H and O–H groups in total. The van der Waals surface area contributed by atoms with Crippen molar-refractivity contribution in [2.24, 2.45) is 5.73 Å². The molecule has 0 saturated carbocycles. The first-order valence-electron chi connectivity index (χ1n) is 5.85. The van der Waals surface area contributed by atoms with E-state index in [9.17, 15) is 9.90 Å². The second-order valence-corrected chi connectivity index (χ2v) is 4.03. The van der Waals surface area contributed by atoms with E-state index in [-0.39, 0.29) is 19.1 Å². The van der Waals surface area contributed by atoms with Crippen LogP contribution in [-0.4, -0.2) is 37.6 Å². The molecule has 1 amide bonds. The van der Waals surface area contributed by atoms with Crippen LogP contribution in [0.4, 0.5) is 0 Å². The number of aromatic hydroxyl groups is 1. The minimum atomic E-state index is -0.492. The van der Waals surface area contributed by atoms with Crippen molar-refractivity contribution in [3.63, 3.8) is 0 Å². The Hall–Kier alpha value is -1.99. The average molecular weight is 268 g/mol. The van der Waals surface area contributed by atoms with Gasteiger partial charge in [0.15, 0.2) is 11.5 Å². The molecule has 7 heteroatoms. The highest BCUT2D eigenvalue weighted by molar-refractivity contribution is 5.74. The Bertz CT molecular complexity index is 464. The Balaban J connectivity index is 1.75. The van der Waals surface area contributed by atoms with Gasteiger partial charge in [0, 0.05) is 24.7 Å². The summed E-state index contributed by atoms with van der Waals surface area (Å²) in [5.74, 6) is 0.828. The lowest BCUT2D eigenvalue weighted by molar-refractivity contribution is -0.122. The summed E-state index contributed by atoms with van der Waals surface area (Å²) < 4.78 is 15.4. The normalized spacial score (nSPS) is 12.6. The maximum Gasteiger partial charge on any atom is 0.243 e. The lowest BCUT2D eigenvalue weighted by Crippen LogP contribution is -2.23. The number of nitrogens with two attached hydrogens (primary N) is 1. The number of phenols is 1. The van der Waals surface area contributed by atoms with E-state index in [0.717, 1.165) is 0 Å². The topological polar surface area (TPSA) is 103 Å². The molecule has 19 heavy (non-hydrogen) atoms. The summed E-state index contributed by atoms with van der Waals surface area (Å²) in [7, 11) is 0. The van der Waals surface area contributed by atoms with Crippen molar-refractivity contribution in [2.75, 3.05) is 26.6 Å². The molecule has 1 aliphatic heterocycles. The molecular formula is C12H16N2O5. The van der Waals surface area contributed by atoms with Crippen LogP contribution in [-0.2, 0) is 16.1 Å². The molecule has 104 valence electrons. The van der Waals surface area contributed by atoms with Crippen molar-refractivity contribution < 1.29 is 24.1 Å². The van der Waals surface area contributed by atoms with Crippen molar-refractivity contribution >= 4 is 5.91 Å². The van der Waals surface area contributed by atoms with Crippen molar-refractivity contribution in [1.82, 2.24) is 5.32 Å². The van der Waals surface area contributed by atoms with E-state index in [1.165, 1.54) is 6.07 Å². The molecule has 0 unspecified atom stereocenters. The zero-order valence-electron chi connectivity index (χ0n) is 10.3. The standard InChI is InChI=1S/C12H16N2O5/c13-12(16)6-17-2-1-14-5-8-3-10-11(4-9(8)15)19-7-18-10/h3-4,14-15H,1-2,5-7H2,(H2,13,16). The van der Waals surface area contributed by atoms with E-state index in [2.05, 4.69) is 5.32 Å². The molecule has 0 atom stereocenters. The number of hydrogen-bond donors (Lipinski definition) is 3. The zero-order chi connectivity index (χ0) is 13.7. The van der Waals surface area contributed by atoms with Crippen LogP contribution < -0.4 is 20.5 Å². The molecule has 1 aromatic rings. The first kappa shape index (κ1) is 13.4. The van der Waals surface area contributed by atoms with Gasteiger partial charge >= 0.3 is 0 Å². The van der Waals surface area contributed by atoms with Crippen LogP contribution >= 0.6 is 0 Å². The maximum absolute atomic E-state index is 10.4. The Morgan fingerprint density at radius 3 is 2.89 bits per heavy atom. The number of fused-ring (bicyclic) bond motifs is 1. The van der Waals surface area contributed by atoms with Gasteiger partial charge in [0.1, 0.15) is 12.4 Å². The molecule has 0 aromatic heterocycles. The van der Waals surface area contributed by atoms with Gasteiger partial charge in [0.2, 0.25) is 12.7 Å². The summed E-state index contributed by atoms with van der Waals surface area (Å²) >= 11 is 0. The smallest absolute Gasteiger partial charge is 0.243 e. The Kier molecular flexibility index (Phi) is 4.43. The minimum Gasteiger partial charge on any atom is -0.507 e.